The maximum atomic E-state index is 13.7. The predicted octanol–water partition coefficient (Wildman–Crippen LogP) is 3.44. The summed E-state index contributed by atoms with van der Waals surface area (Å²) in [6.07, 6.45) is -8.99. The zero-order chi connectivity index (χ0) is 23.5. The topological polar surface area (TPSA) is 85.8 Å². The highest BCUT2D eigenvalue weighted by Crippen LogP contribution is 2.42. The molecule has 1 aromatic heterocycles. The number of nitrogens with zero attached hydrogens (tertiary/aromatic N) is 2. The summed E-state index contributed by atoms with van der Waals surface area (Å²) in [6.45, 7) is 2.84. The van der Waals surface area contributed by atoms with E-state index < -0.39 is 70.4 Å². The second-order valence-electron chi connectivity index (χ2n) is 6.75. The second-order valence-corrected chi connectivity index (χ2v) is 6.75. The van der Waals surface area contributed by atoms with Crippen LogP contribution in [-0.4, -0.2) is 56.0 Å². The van der Waals surface area contributed by atoms with Crippen molar-refractivity contribution >= 4 is 17.8 Å². The number of halogens is 5. The minimum atomic E-state index is -5.36. The van der Waals surface area contributed by atoms with Crippen LogP contribution in [0.15, 0.2) is 0 Å². The second kappa shape index (κ2) is 9.35. The van der Waals surface area contributed by atoms with Gasteiger partial charge in [0.1, 0.15) is 5.69 Å². The number of pyridine rings is 1. The fourth-order valence-corrected chi connectivity index (χ4v) is 2.94. The van der Waals surface area contributed by atoms with E-state index in [1.165, 1.54) is 27.9 Å². The maximum Gasteiger partial charge on any atom is 0.434 e. The van der Waals surface area contributed by atoms with E-state index in [1.54, 1.807) is 0 Å². The number of carbonyl (C=O) groups excluding carboxylic acids is 3. The monoisotopic (exact) mass is 440 g/mol. The van der Waals surface area contributed by atoms with Crippen LogP contribution in [0.4, 0.5) is 22.0 Å². The van der Waals surface area contributed by atoms with Gasteiger partial charge in [-0.15, -0.1) is 0 Å². The zero-order valence-electron chi connectivity index (χ0n) is 17.1. The van der Waals surface area contributed by atoms with Crippen molar-refractivity contribution in [1.82, 2.24) is 9.88 Å². The van der Waals surface area contributed by atoms with Gasteiger partial charge in [0, 0.05) is 14.1 Å². The molecule has 1 atom stereocenters. The van der Waals surface area contributed by atoms with Gasteiger partial charge in [0.15, 0.2) is 5.69 Å². The van der Waals surface area contributed by atoms with Crippen LogP contribution in [0.5, 0.6) is 0 Å². The number of aromatic nitrogens is 1. The van der Waals surface area contributed by atoms with E-state index in [2.05, 4.69) is 14.5 Å². The lowest BCUT2D eigenvalue weighted by atomic mass is 9.80. The lowest BCUT2D eigenvalue weighted by molar-refractivity contribution is -0.142. The molecule has 168 valence electrons. The third-order valence-corrected chi connectivity index (χ3v) is 4.20. The van der Waals surface area contributed by atoms with Gasteiger partial charge in [-0.1, -0.05) is 13.8 Å². The summed E-state index contributed by atoms with van der Waals surface area (Å²) in [5.74, 6) is -6.26. The maximum absolute atomic E-state index is 13.7. The number of esters is 2. The Hall–Kier alpha value is -2.79. The van der Waals surface area contributed by atoms with E-state index in [0.717, 1.165) is 19.1 Å². The van der Waals surface area contributed by atoms with Gasteiger partial charge in [-0.05, 0) is 11.5 Å². The Bertz CT molecular complexity index is 837. The number of rotatable bonds is 6. The number of hydrogen-bond acceptors (Lipinski definition) is 6. The quantitative estimate of drug-likeness (QED) is 0.498. The molecule has 1 aromatic rings. The van der Waals surface area contributed by atoms with Crippen molar-refractivity contribution in [1.29, 1.82) is 0 Å². The molecule has 1 amide bonds. The largest absolute Gasteiger partial charge is 0.465 e. The third-order valence-electron chi connectivity index (χ3n) is 4.20. The molecular formula is C18H21F5N2O5. The molecule has 0 spiro atoms. The number of alkyl halides is 5. The molecule has 12 heteroatoms. The molecule has 1 heterocycles. The summed E-state index contributed by atoms with van der Waals surface area (Å²) >= 11 is 0. The number of ether oxygens (including phenoxy) is 2. The van der Waals surface area contributed by atoms with Gasteiger partial charge in [-0.25, -0.2) is 23.4 Å². The van der Waals surface area contributed by atoms with Gasteiger partial charge in [0.25, 0.3) is 6.43 Å². The lowest BCUT2D eigenvalue weighted by Gasteiger charge is -2.29. The summed E-state index contributed by atoms with van der Waals surface area (Å²) in [5, 5.41) is 0. The molecule has 0 aliphatic rings. The number of amides is 1. The Morgan fingerprint density at radius 2 is 1.43 bits per heavy atom. The number of likely N-dealkylation sites (N-methyl/N-ethyl adjacent to an activating group) is 1. The van der Waals surface area contributed by atoms with Gasteiger partial charge < -0.3 is 14.4 Å². The SMILES string of the molecule is COC(=O)c1c(C(F)F)nc(C(F)(F)F)c(C(=O)OC)c1C(C(=O)N(C)C)C(C)C. The fraction of sp³-hybridized carbons (Fsp3) is 0.556. The summed E-state index contributed by atoms with van der Waals surface area (Å²) in [6, 6.07) is 0. The van der Waals surface area contributed by atoms with Crippen LogP contribution in [0.25, 0.3) is 0 Å². The van der Waals surface area contributed by atoms with Crippen LogP contribution in [0, 0.1) is 5.92 Å². The summed E-state index contributed by atoms with van der Waals surface area (Å²) in [7, 11) is 4.15. The smallest absolute Gasteiger partial charge is 0.434 e. The molecule has 1 rings (SSSR count). The third kappa shape index (κ3) is 4.85. The summed E-state index contributed by atoms with van der Waals surface area (Å²) < 4.78 is 77.2. The van der Waals surface area contributed by atoms with Crippen LogP contribution in [-0.2, 0) is 20.4 Å². The number of carbonyl (C=O) groups is 3. The van der Waals surface area contributed by atoms with Crippen molar-refractivity contribution in [3.05, 3.63) is 28.1 Å². The highest BCUT2D eigenvalue weighted by Gasteiger charge is 2.46. The molecule has 1 unspecified atom stereocenters. The molecule has 0 radical (unpaired) electrons. The Morgan fingerprint density at radius 3 is 1.77 bits per heavy atom. The minimum absolute atomic E-state index is 0.767. The summed E-state index contributed by atoms with van der Waals surface area (Å²) in [5.41, 5.74) is -6.75. The highest BCUT2D eigenvalue weighted by atomic mass is 19.4. The van der Waals surface area contributed by atoms with Crippen LogP contribution < -0.4 is 0 Å². The molecule has 30 heavy (non-hydrogen) atoms. The molecular weight excluding hydrogens is 419 g/mol. The average molecular weight is 440 g/mol. The van der Waals surface area contributed by atoms with E-state index in [4.69, 9.17) is 0 Å². The van der Waals surface area contributed by atoms with Crippen molar-refractivity contribution < 1.29 is 45.8 Å². The van der Waals surface area contributed by atoms with E-state index in [0.29, 0.717) is 0 Å². The first-order valence-corrected chi connectivity index (χ1v) is 8.51. The zero-order valence-corrected chi connectivity index (χ0v) is 17.1. The van der Waals surface area contributed by atoms with Crippen molar-refractivity contribution in [3.8, 4) is 0 Å². The van der Waals surface area contributed by atoms with Gasteiger partial charge >= 0.3 is 18.1 Å². The van der Waals surface area contributed by atoms with Crippen molar-refractivity contribution in [3.63, 3.8) is 0 Å². The Labute approximate surface area is 169 Å². The Morgan fingerprint density at radius 1 is 0.967 bits per heavy atom. The van der Waals surface area contributed by atoms with E-state index in [-0.39, 0.29) is 0 Å². The normalized spacial score (nSPS) is 12.7. The molecule has 0 saturated carbocycles. The molecule has 0 fully saturated rings. The van der Waals surface area contributed by atoms with Crippen LogP contribution >= 0.6 is 0 Å². The van der Waals surface area contributed by atoms with Crippen LogP contribution in [0.1, 0.15) is 63.9 Å². The standard InChI is InChI=1S/C18H21F5N2O5/c1-7(2)8(15(26)25(3)4)9-10(16(27)29-5)12(14(19)20)24-13(18(21,22)23)11(9)17(28)30-6/h7-8,14H,1-6H3. The molecule has 0 N–H and O–H groups in total. The fourth-order valence-electron chi connectivity index (χ4n) is 2.94. The Kier molecular flexibility index (Phi) is 7.87. The molecule has 0 aliphatic carbocycles. The predicted molar refractivity (Wildman–Crippen MR) is 93.1 cm³/mol. The molecule has 7 nitrogen and oxygen atoms in total. The van der Waals surface area contributed by atoms with Gasteiger partial charge in [0.2, 0.25) is 5.91 Å². The van der Waals surface area contributed by atoms with Gasteiger partial charge in [-0.3, -0.25) is 4.79 Å². The number of hydrogen-bond donors (Lipinski definition) is 0. The summed E-state index contributed by atoms with van der Waals surface area (Å²) in [4.78, 5) is 41.4. The van der Waals surface area contributed by atoms with Crippen LogP contribution in [0.3, 0.4) is 0 Å². The van der Waals surface area contributed by atoms with Gasteiger partial charge in [0.05, 0.1) is 31.3 Å². The van der Waals surface area contributed by atoms with Crippen LogP contribution in [0.2, 0.25) is 0 Å². The van der Waals surface area contributed by atoms with E-state index in [1.807, 2.05) is 0 Å². The molecule has 0 saturated heterocycles. The van der Waals surface area contributed by atoms with E-state index in [9.17, 15) is 36.3 Å². The van der Waals surface area contributed by atoms with Crippen molar-refractivity contribution in [2.45, 2.75) is 32.4 Å². The minimum Gasteiger partial charge on any atom is -0.465 e. The molecule has 0 aliphatic heterocycles. The highest BCUT2D eigenvalue weighted by molar-refractivity contribution is 6.02. The Balaban J connectivity index is 4.38. The lowest BCUT2D eigenvalue weighted by Crippen LogP contribution is -2.35. The number of methoxy groups -OCH3 is 2. The molecule has 0 aromatic carbocycles. The molecule has 0 bridgehead atoms. The van der Waals surface area contributed by atoms with Crippen molar-refractivity contribution in [2.75, 3.05) is 28.3 Å². The van der Waals surface area contributed by atoms with Gasteiger partial charge in [-0.2, -0.15) is 13.2 Å². The average Bonchev–Trinajstić information content (AvgIpc) is 2.64. The van der Waals surface area contributed by atoms with Crippen molar-refractivity contribution in [2.24, 2.45) is 5.92 Å². The first-order valence-electron chi connectivity index (χ1n) is 8.51. The first-order chi connectivity index (χ1) is 13.7. The first kappa shape index (κ1) is 25.2. The van der Waals surface area contributed by atoms with E-state index >= 15 is 0 Å².